The summed E-state index contributed by atoms with van der Waals surface area (Å²) < 4.78 is 11.0. The van der Waals surface area contributed by atoms with Gasteiger partial charge in [0.05, 0.1) is 24.4 Å². The van der Waals surface area contributed by atoms with Gasteiger partial charge in [-0.15, -0.1) is 0 Å². The molecule has 0 bridgehead atoms. The molecule has 0 aromatic carbocycles. The predicted octanol–water partition coefficient (Wildman–Crippen LogP) is 1.69. The highest BCUT2D eigenvalue weighted by Gasteiger charge is 2.53. The molecule has 2 saturated carbocycles. The van der Waals surface area contributed by atoms with Crippen molar-refractivity contribution in [2.24, 2.45) is 5.92 Å². The Hall–Kier alpha value is -0.0800. The van der Waals surface area contributed by atoms with Crippen LogP contribution in [0.3, 0.4) is 0 Å². The first kappa shape index (κ1) is 7.24. The molecule has 4 fully saturated rings. The first-order valence-corrected chi connectivity index (χ1v) is 5.55. The van der Waals surface area contributed by atoms with E-state index >= 15 is 0 Å². The second-order valence-corrected chi connectivity index (χ2v) is 5.00. The summed E-state index contributed by atoms with van der Waals surface area (Å²) in [5.41, 5.74) is 0. The second kappa shape index (κ2) is 2.29. The van der Waals surface area contributed by atoms with Crippen molar-refractivity contribution in [3.63, 3.8) is 0 Å². The summed E-state index contributed by atoms with van der Waals surface area (Å²) in [6.07, 6.45) is 9.12. The minimum Gasteiger partial charge on any atom is -0.370 e. The van der Waals surface area contributed by atoms with Crippen molar-refractivity contribution in [2.45, 2.75) is 56.5 Å². The first-order chi connectivity index (χ1) is 6.40. The molecular weight excluding hydrogens is 164 g/mol. The average Bonchev–Trinajstić information content (AvgIpc) is 3.04. The van der Waals surface area contributed by atoms with Crippen molar-refractivity contribution >= 4 is 0 Å². The van der Waals surface area contributed by atoms with Gasteiger partial charge in [-0.1, -0.05) is 0 Å². The fourth-order valence-corrected chi connectivity index (χ4v) is 3.26. The quantitative estimate of drug-likeness (QED) is 0.572. The highest BCUT2D eigenvalue weighted by molar-refractivity contribution is 5.13. The van der Waals surface area contributed by atoms with Gasteiger partial charge in [-0.05, 0) is 43.9 Å². The Morgan fingerprint density at radius 2 is 1.69 bits per heavy atom. The van der Waals surface area contributed by atoms with Gasteiger partial charge in [0.25, 0.3) is 0 Å². The molecule has 0 aromatic rings. The van der Waals surface area contributed by atoms with Gasteiger partial charge < -0.3 is 9.47 Å². The number of fused-ring (bicyclic) bond motifs is 2. The van der Waals surface area contributed by atoms with E-state index in [1.165, 1.54) is 32.1 Å². The zero-order chi connectivity index (χ0) is 8.41. The van der Waals surface area contributed by atoms with Gasteiger partial charge in [0.1, 0.15) is 0 Å². The summed E-state index contributed by atoms with van der Waals surface area (Å²) in [6.45, 7) is 0. The molecule has 0 aromatic heterocycles. The minimum absolute atomic E-state index is 0.626. The Morgan fingerprint density at radius 1 is 0.923 bits per heavy atom. The summed E-state index contributed by atoms with van der Waals surface area (Å²) in [6, 6.07) is 0. The molecule has 2 nitrogen and oxygen atoms in total. The Morgan fingerprint density at radius 3 is 2.46 bits per heavy atom. The summed E-state index contributed by atoms with van der Waals surface area (Å²) in [4.78, 5) is 0. The molecule has 13 heavy (non-hydrogen) atoms. The Labute approximate surface area is 78.6 Å². The van der Waals surface area contributed by atoms with E-state index in [-0.39, 0.29) is 0 Å². The van der Waals surface area contributed by atoms with Gasteiger partial charge in [-0.25, -0.2) is 0 Å². The lowest BCUT2D eigenvalue weighted by atomic mass is 9.79. The lowest BCUT2D eigenvalue weighted by Crippen LogP contribution is -2.19. The number of hydrogen-bond donors (Lipinski definition) is 0. The van der Waals surface area contributed by atoms with Crippen molar-refractivity contribution in [1.82, 2.24) is 0 Å². The van der Waals surface area contributed by atoms with E-state index in [1.807, 2.05) is 0 Å². The second-order valence-electron chi connectivity index (χ2n) is 5.00. The monoisotopic (exact) mass is 179 g/mol. The molecular formula is C11H15O2. The molecule has 4 rings (SSSR count). The van der Waals surface area contributed by atoms with Crippen molar-refractivity contribution in [3.05, 3.63) is 5.92 Å². The van der Waals surface area contributed by atoms with Gasteiger partial charge in [-0.3, -0.25) is 0 Å². The smallest absolute Gasteiger partial charge is 0.0847 e. The van der Waals surface area contributed by atoms with Crippen LogP contribution in [0.2, 0.25) is 0 Å². The minimum atomic E-state index is 0.626. The molecule has 2 heteroatoms. The van der Waals surface area contributed by atoms with Crippen LogP contribution >= 0.6 is 0 Å². The van der Waals surface area contributed by atoms with E-state index in [0.717, 1.165) is 5.92 Å². The molecule has 0 N–H and O–H groups in total. The van der Waals surface area contributed by atoms with Gasteiger partial charge in [-0.2, -0.15) is 0 Å². The van der Waals surface area contributed by atoms with Crippen molar-refractivity contribution < 1.29 is 9.47 Å². The molecule has 4 atom stereocenters. The van der Waals surface area contributed by atoms with Gasteiger partial charge in [0.15, 0.2) is 0 Å². The molecule has 1 radical (unpaired) electrons. The van der Waals surface area contributed by atoms with Crippen LogP contribution < -0.4 is 0 Å². The molecule has 2 heterocycles. The molecule has 4 aliphatic rings. The number of rotatable bonds is 1. The van der Waals surface area contributed by atoms with Crippen molar-refractivity contribution in [3.8, 4) is 0 Å². The van der Waals surface area contributed by atoms with Crippen molar-refractivity contribution in [2.75, 3.05) is 0 Å². The van der Waals surface area contributed by atoms with Gasteiger partial charge >= 0.3 is 0 Å². The van der Waals surface area contributed by atoms with E-state index in [9.17, 15) is 0 Å². The van der Waals surface area contributed by atoms with E-state index < -0.39 is 0 Å². The van der Waals surface area contributed by atoms with E-state index in [0.29, 0.717) is 24.4 Å². The molecule has 0 amide bonds. The molecule has 2 aliphatic carbocycles. The average molecular weight is 179 g/mol. The van der Waals surface area contributed by atoms with Crippen molar-refractivity contribution in [1.29, 1.82) is 0 Å². The van der Waals surface area contributed by atoms with Gasteiger partial charge in [0, 0.05) is 0 Å². The zero-order valence-corrected chi connectivity index (χ0v) is 7.74. The Balaban J connectivity index is 1.43. The van der Waals surface area contributed by atoms with Crippen LogP contribution in [0.15, 0.2) is 0 Å². The van der Waals surface area contributed by atoms with Gasteiger partial charge in [0.2, 0.25) is 0 Å². The van der Waals surface area contributed by atoms with Crippen LogP contribution in [-0.4, -0.2) is 24.4 Å². The fourth-order valence-electron chi connectivity index (χ4n) is 3.26. The Bertz CT molecular complexity index is 230. The highest BCUT2D eigenvalue weighted by Crippen LogP contribution is 2.52. The van der Waals surface area contributed by atoms with Crippen LogP contribution in [-0.2, 0) is 9.47 Å². The maximum Gasteiger partial charge on any atom is 0.0847 e. The molecule has 2 aliphatic heterocycles. The standard InChI is InChI=1S/C11H15O2/c1-2-8-9(12-8)3-6(1)7-4-10-11(5-7)13-10/h7-11H,1-5H2. The van der Waals surface area contributed by atoms with Crippen LogP contribution in [0.4, 0.5) is 0 Å². The van der Waals surface area contributed by atoms with Crippen LogP contribution in [0.25, 0.3) is 0 Å². The zero-order valence-electron chi connectivity index (χ0n) is 7.74. The molecule has 71 valence electrons. The SMILES string of the molecule is C1CC2OC2C[C]1C1CC2OC2C1. The van der Waals surface area contributed by atoms with Crippen LogP contribution in [0.1, 0.15) is 32.1 Å². The lowest BCUT2D eigenvalue weighted by Gasteiger charge is -2.25. The third-order valence-corrected chi connectivity index (χ3v) is 4.20. The lowest BCUT2D eigenvalue weighted by molar-refractivity contribution is 0.265. The van der Waals surface area contributed by atoms with Crippen LogP contribution in [0, 0.1) is 11.8 Å². The maximum atomic E-state index is 5.55. The number of ether oxygens (including phenoxy) is 2. The summed E-state index contributed by atoms with van der Waals surface area (Å²) in [5.74, 6) is 2.70. The third kappa shape index (κ3) is 1.08. The fraction of sp³-hybridized carbons (Fsp3) is 0.909. The number of epoxide rings is 2. The summed E-state index contributed by atoms with van der Waals surface area (Å²) in [5, 5.41) is 0. The summed E-state index contributed by atoms with van der Waals surface area (Å²) in [7, 11) is 0. The first-order valence-electron chi connectivity index (χ1n) is 5.55. The number of hydrogen-bond acceptors (Lipinski definition) is 2. The topological polar surface area (TPSA) is 25.1 Å². The molecule has 4 unspecified atom stereocenters. The van der Waals surface area contributed by atoms with E-state index in [4.69, 9.17) is 9.47 Å². The molecule has 2 saturated heterocycles. The highest BCUT2D eigenvalue weighted by atomic mass is 16.6. The summed E-state index contributed by atoms with van der Waals surface area (Å²) >= 11 is 0. The Kier molecular flexibility index (Phi) is 1.28. The van der Waals surface area contributed by atoms with Crippen LogP contribution in [0.5, 0.6) is 0 Å². The third-order valence-electron chi connectivity index (χ3n) is 4.20. The predicted molar refractivity (Wildman–Crippen MR) is 47.1 cm³/mol. The largest absolute Gasteiger partial charge is 0.370 e. The van der Waals surface area contributed by atoms with E-state index in [1.54, 1.807) is 5.92 Å². The maximum absolute atomic E-state index is 5.55. The normalized spacial score (nSPS) is 58.6. The van der Waals surface area contributed by atoms with E-state index in [2.05, 4.69) is 0 Å². The molecule has 0 spiro atoms.